The number of fused-ring (bicyclic) bond motifs is 1. The van der Waals surface area contributed by atoms with Crippen molar-refractivity contribution in [1.29, 1.82) is 0 Å². The molecule has 8 heteroatoms. The number of carboxylic acids is 1. The fourth-order valence-electron chi connectivity index (χ4n) is 1.66. The molecule has 0 saturated carbocycles. The summed E-state index contributed by atoms with van der Waals surface area (Å²) in [7, 11) is 0. The van der Waals surface area contributed by atoms with Crippen molar-refractivity contribution in [2.45, 2.75) is 17.1 Å². The maximum atomic E-state index is 14.0. The third-order valence-electron chi connectivity index (χ3n) is 2.62. The van der Waals surface area contributed by atoms with E-state index >= 15 is 0 Å². The number of hydrogen-bond acceptors (Lipinski definition) is 5. The van der Waals surface area contributed by atoms with Crippen LogP contribution in [0.15, 0.2) is 29.3 Å². The zero-order chi connectivity index (χ0) is 14.9. The van der Waals surface area contributed by atoms with E-state index in [0.717, 1.165) is 17.8 Å². The molecule has 0 aliphatic carbocycles. The number of pyridine rings is 1. The number of nitro groups is 1. The number of nitro benzene ring substituents is 1. The molecule has 0 radical (unpaired) electrons. The summed E-state index contributed by atoms with van der Waals surface area (Å²) in [6.07, 6.45) is 1.38. The highest BCUT2D eigenvalue weighted by molar-refractivity contribution is 8.00. The van der Waals surface area contributed by atoms with Crippen LogP contribution in [-0.2, 0) is 4.79 Å². The van der Waals surface area contributed by atoms with Crippen molar-refractivity contribution < 1.29 is 19.2 Å². The summed E-state index contributed by atoms with van der Waals surface area (Å²) in [5, 5.41) is 19.1. The van der Waals surface area contributed by atoms with Gasteiger partial charge < -0.3 is 5.11 Å². The number of rotatable bonds is 4. The summed E-state index contributed by atoms with van der Waals surface area (Å²) in [5.41, 5.74) is -0.296. The Balaban J connectivity index is 2.67. The van der Waals surface area contributed by atoms with Crippen molar-refractivity contribution in [3.05, 3.63) is 40.3 Å². The zero-order valence-electron chi connectivity index (χ0n) is 10.2. The summed E-state index contributed by atoms with van der Waals surface area (Å²) >= 11 is 0.769. The lowest BCUT2D eigenvalue weighted by atomic mass is 10.2. The van der Waals surface area contributed by atoms with E-state index in [9.17, 15) is 19.3 Å². The van der Waals surface area contributed by atoms with Crippen LogP contribution in [0.3, 0.4) is 0 Å². The Morgan fingerprint density at radius 2 is 2.30 bits per heavy atom. The van der Waals surface area contributed by atoms with Gasteiger partial charge in [0.05, 0.1) is 26.8 Å². The molecule has 1 aromatic carbocycles. The average Bonchev–Trinajstić information content (AvgIpc) is 2.40. The molecule has 0 aliphatic heterocycles. The lowest BCUT2D eigenvalue weighted by Gasteiger charge is -2.10. The first-order valence-corrected chi connectivity index (χ1v) is 6.41. The third-order valence-corrected chi connectivity index (χ3v) is 3.80. The quantitative estimate of drug-likeness (QED) is 0.529. The Kier molecular flexibility index (Phi) is 3.84. The van der Waals surface area contributed by atoms with E-state index in [1.165, 1.54) is 25.3 Å². The van der Waals surface area contributed by atoms with Gasteiger partial charge in [-0.25, -0.2) is 4.39 Å². The number of carboxylic acid groups (broad SMARTS) is 1. The highest BCUT2D eigenvalue weighted by Gasteiger charge is 2.23. The second-order valence-corrected chi connectivity index (χ2v) is 5.31. The van der Waals surface area contributed by atoms with Crippen molar-refractivity contribution in [2.24, 2.45) is 0 Å². The van der Waals surface area contributed by atoms with Crippen LogP contribution in [0.25, 0.3) is 10.9 Å². The van der Waals surface area contributed by atoms with E-state index in [-0.39, 0.29) is 15.8 Å². The van der Waals surface area contributed by atoms with Gasteiger partial charge in [0.15, 0.2) is 0 Å². The van der Waals surface area contributed by atoms with E-state index in [4.69, 9.17) is 5.11 Å². The van der Waals surface area contributed by atoms with Gasteiger partial charge in [0.25, 0.3) is 5.69 Å². The van der Waals surface area contributed by atoms with Gasteiger partial charge in [-0.05, 0) is 19.1 Å². The van der Waals surface area contributed by atoms with E-state index < -0.39 is 27.6 Å². The van der Waals surface area contributed by atoms with Gasteiger partial charge in [-0.15, -0.1) is 11.8 Å². The van der Waals surface area contributed by atoms with E-state index in [1.54, 1.807) is 0 Å². The minimum Gasteiger partial charge on any atom is -0.480 e. The Morgan fingerprint density at radius 3 is 2.90 bits per heavy atom. The second kappa shape index (κ2) is 5.41. The van der Waals surface area contributed by atoms with Crippen molar-refractivity contribution in [2.75, 3.05) is 0 Å². The van der Waals surface area contributed by atoms with E-state index in [1.807, 2.05) is 0 Å². The van der Waals surface area contributed by atoms with Gasteiger partial charge in [-0.2, -0.15) is 0 Å². The van der Waals surface area contributed by atoms with Crippen LogP contribution in [0.2, 0.25) is 0 Å². The first-order valence-electron chi connectivity index (χ1n) is 5.53. The van der Waals surface area contributed by atoms with Crippen molar-refractivity contribution in [3.8, 4) is 0 Å². The molecule has 0 bridgehead atoms. The summed E-state index contributed by atoms with van der Waals surface area (Å²) in [6.45, 7) is 1.41. The Morgan fingerprint density at radius 1 is 1.60 bits per heavy atom. The average molecular weight is 296 g/mol. The molecule has 0 spiro atoms. The predicted octanol–water partition coefficient (Wildman–Crippen LogP) is 2.85. The molecular weight excluding hydrogens is 287 g/mol. The lowest BCUT2D eigenvalue weighted by Crippen LogP contribution is -2.11. The number of benzene rings is 1. The van der Waals surface area contributed by atoms with Gasteiger partial charge in [-0.3, -0.25) is 19.9 Å². The number of carbonyl (C=O) groups is 1. The first-order chi connectivity index (χ1) is 9.41. The van der Waals surface area contributed by atoms with Crippen molar-refractivity contribution >= 4 is 34.3 Å². The Labute approximate surface area is 116 Å². The molecule has 0 aliphatic rings. The van der Waals surface area contributed by atoms with Gasteiger partial charge in [0, 0.05) is 6.20 Å². The molecule has 0 saturated heterocycles. The van der Waals surface area contributed by atoms with Crippen molar-refractivity contribution in [1.82, 2.24) is 4.98 Å². The summed E-state index contributed by atoms with van der Waals surface area (Å²) in [5.74, 6) is -1.95. The third kappa shape index (κ3) is 2.55. The molecule has 1 N–H and O–H groups in total. The summed E-state index contributed by atoms with van der Waals surface area (Å²) in [4.78, 5) is 25.0. The first kappa shape index (κ1) is 14.2. The zero-order valence-corrected chi connectivity index (χ0v) is 11.1. The van der Waals surface area contributed by atoms with E-state index in [0.29, 0.717) is 0 Å². The fourth-order valence-corrected chi connectivity index (χ4v) is 2.56. The van der Waals surface area contributed by atoms with Crippen LogP contribution in [-0.4, -0.2) is 26.2 Å². The summed E-state index contributed by atoms with van der Waals surface area (Å²) < 4.78 is 14.0. The number of non-ortho nitro benzene ring substituents is 1. The molecule has 0 fully saturated rings. The van der Waals surface area contributed by atoms with Gasteiger partial charge in [-0.1, -0.05) is 0 Å². The number of halogens is 1. The maximum absolute atomic E-state index is 14.0. The monoisotopic (exact) mass is 296 g/mol. The van der Waals surface area contributed by atoms with E-state index in [2.05, 4.69) is 4.98 Å². The van der Waals surface area contributed by atoms with Crippen LogP contribution in [0.1, 0.15) is 6.92 Å². The molecule has 6 nitrogen and oxygen atoms in total. The van der Waals surface area contributed by atoms with Gasteiger partial charge in [0.1, 0.15) is 11.1 Å². The van der Waals surface area contributed by atoms with Crippen LogP contribution in [0.4, 0.5) is 10.1 Å². The number of aromatic nitrogens is 1. The lowest BCUT2D eigenvalue weighted by molar-refractivity contribution is -0.383. The molecule has 1 atom stereocenters. The SMILES string of the molecule is CC(Sc1c(F)cc([N+](=O)[O-])c2cccnc12)C(=O)O. The summed E-state index contributed by atoms with van der Waals surface area (Å²) in [6, 6.07) is 3.75. The molecular formula is C12H9FN2O4S. The molecule has 2 aromatic rings. The maximum Gasteiger partial charge on any atom is 0.316 e. The molecule has 104 valence electrons. The van der Waals surface area contributed by atoms with Gasteiger partial charge in [0.2, 0.25) is 0 Å². The Hall–Kier alpha value is -2.22. The largest absolute Gasteiger partial charge is 0.480 e. The minimum absolute atomic E-state index is 0.00102. The molecule has 0 amide bonds. The molecule has 1 aromatic heterocycles. The minimum atomic E-state index is -1.10. The number of nitrogens with zero attached hydrogens (tertiary/aromatic N) is 2. The van der Waals surface area contributed by atoms with Gasteiger partial charge >= 0.3 is 5.97 Å². The van der Waals surface area contributed by atoms with Crippen LogP contribution >= 0.6 is 11.8 Å². The van der Waals surface area contributed by atoms with Crippen LogP contribution in [0, 0.1) is 15.9 Å². The number of thioether (sulfide) groups is 1. The van der Waals surface area contributed by atoms with Crippen LogP contribution in [0.5, 0.6) is 0 Å². The van der Waals surface area contributed by atoms with Crippen molar-refractivity contribution in [3.63, 3.8) is 0 Å². The van der Waals surface area contributed by atoms with Crippen LogP contribution < -0.4 is 0 Å². The molecule has 2 rings (SSSR count). The highest BCUT2D eigenvalue weighted by Crippen LogP contribution is 2.36. The standard InChI is InChI=1S/C12H9FN2O4S/c1-6(12(16)17)20-11-8(13)5-9(15(18)19)7-3-2-4-14-10(7)11/h2-6H,1H3,(H,16,17). The fraction of sp³-hybridized carbons (Fsp3) is 0.167. The molecule has 1 unspecified atom stereocenters. The molecule has 1 heterocycles. The number of hydrogen-bond donors (Lipinski definition) is 1. The smallest absolute Gasteiger partial charge is 0.316 e. The molecule has 20 heavy (non-hydrogen) atoms. The predicted molar refractivity (Wildman–Crippen MR) is 71.3 cm³/mol. The topological polar surface area (TPSA) is 93.3 Å². The second-order valence-electron chi connectivity index (χ2n) is 3.96. The Bertz CT molecular complexity index is 707. The highest BCUT2D eigenvalue weighted by atomic mass is 32.2. The normalized spacial score (nSPS) is 12.3. The number of aliphatic carboxylic acids is 1.